The lowest BCUT2D eigenvalue weighted by Crippen LogP contribution is -2.31. The van der Waals surface area contributed by atoms with Gasteiger partial charge in [0.15, 0.2) is 12.7 Å². The number of amides is 1. The van der Waals surface area contributed by atoms with Crippen molar-refractivity contribution in [2.24, 2.45) is 0 Å². The first-order chi connectivity index (χ1) is 12.5. The zero-order valence-corrected chi connectivity index (χ0v) is 15.1. The van der Waals surface area contributed by atoms with Gasteiger partial charge in [0.2, 0.25) is 0 Å². The summed E-state index contributed by atoms with van der Waals surface area (Å²) in [5, 5.41) is 2.73. The Morgan fingerprint density at radius 1 is 1.12 bits per heavy atom. The Labute approximate surface area is 153 Å². The standard InChI is InChI=1S/C21H23NO4/c1-14-5-3-8-18(11-14)22-21(24)15(2)26-20(23)13-25-19-10-9-16-6-4-7-17(16)12-19/h3,5,8-12,15H,4,6-7,13H2,1-2H3,(H,22,24)/t15-/m0/s1. The Kier molecular flexibility index (Phi) is 5.56. The second-order valence-electron chi connectivity index (χ2n) is 6.56. The third kappa shape index (κ3) is 4.63. The van der Waals surface area contributed by atoms with E-state index in [1.165, 1.54) is 11.1 Å². The predicted octanol–water partition coefficient (Wildman–Crippen LogP) is 3.43. The summed E-state index contributed by atoms with van der Waals surface area (Å²) in [6, 6.07) is 13.3. The Morgan fingerprint density at radius 2 is 1.92 bits per heavy atom. The average molecular weight is 353 g/mol. The molecule has 5 nitrogen and oxygen atoms in total. The van der Waals surface area contributed by atoms with E-state index < -0.39 is 12.1 Å². The van der Waals surface area contributed by atoms with Crippen LogP contribution in [0.25, 0.3) is 0 Å². The highest BCUT2D eigenvalue weighted by Crippen LogP contribution is 2.26. The topological polar surface area (TPSA) is 64.6 Å². The average Bonchev–Trinajstić information content (AvgIpc) is 3.07. The van der Waals surface area contributed by atoms with Crippen LogP contribution >= 0.6 is 0 Å². The summed E-state index contributed by atoms with van der Waals surface area (Å²) in [5.74, 6) is -0.293. The van der Waals surface area contributed by atoms with E-state index in [-0.39, 0.29) is 12.5 Å². The number of esters is 1. The van der Waals surface area contributed by atoms with Crippen LogP contribution < -0.4 is 10.1 Å². The molecule has 0 bridgehead atoms. The summed E-state index contributed by atoms with van der Waals surface area (Å²) in [6.07, 6.45) is 2.42. The molecule has 3 rings (SSSR count). The summed E-state index contributed by atoms with van der Waals surface area (Å²) in [5.41, 5.74) is 4.34. The van der Waals surface area contributed by atoms with Crippen LogP contribution in [0.5, 0.6) is 5.75 Å². The Hall–Kier alpha value is -2.82. The van der Waals surface area contributed by atoms with Gasteiger partial charge < -0.3 is 14.8 Å². The second-order valence-corrected chi connectivity index (χ2v) is 6.56. The molecule has 5 heteroatoms. The minimum atomic E-state index is -0.897. The van der Waals surface area contributed by atoms with Gasteiger partial charge in [-0.1, -0.05) is 18.2 Å². The van der Waals surface area contributed by atoms with E-state index in [4.69, 9.17) is 9.47 Å². The fraction of sp³-hybridized carbons (Fsp3) is 0.333. The van der Waals surface area contributed by atoms with Crippen LogP contribution in [0.2, 0.25) is 0 Å². The first-order valence-electron chi connectivity index (χ1n) is 8.83. The first-order valence-corrected chi connectivity index (χ1v) is 8.83. The zero-order valence-electron chi connectivity index (χ0n) is 15.1. The molecule has 0 unspecified atom stereocenters. The van der Waals surface area contributed by atoms with Gasteiger partial charge in [0, 0.05) is 5.69 Å². The molecule has 1 amide bonds. The molecule has 0 saturated heterocycles. The Balaban J connectivity index is 1.47. The van der Waals surface area contributed by atoms with Crippen molar-refractivity contribution in [3.63, 3.8) is 0 Å². The summed E-state index contributed by atoms with van der Waals surface area (Å²) in [7, 11) is 0. The van der Waals surface area contributed by atoms with Gasteiger partial charge in [0.05, 0.1) is 0 Å². The van der Waals surface area contributed by atoms with Crippen molar-refractivity contribution >= 4 is 17.6 Å². The number of fused-ring (bicyclic) bond motifs is 1. The largest absolute Gasteiger partial charge is 0.482 e. The molecule has 1 atom stereocenters. The third-order valence-electron chi connectivity index (χ3n) is 4.39. The fourth-order valence-corrected chi connectivity index (χ4v) is 3.03. The van der Waals surface area contributed by atoms with Crippen LogP contribution in [0.3, 0.4) is 0 Å². The molecule has 0 radical (unpaired) electrons. The van der Waals surface area contributed by atoms with Crippen molar-refractivity contribution < 1.29 is 19.1 Å². The highest BCUT2D eigenvalue weighted by molar-refractivity contribution is 5.95. The quantitative estimate of drug-likeness (QED) is 0.808. The molecule has 1 aliphatic rings. The minimum Gasteiger partial charge on any atom is -0.482 e. The Morgan fingerprint density at radius 3 is 2.73 bits per heavy atom. The number of hydrogen-bond donors (Lipinski definition) is 1. The Bertz CT molecular complexity index is 815. The third-order valence-corrected chi connectivity index (χ3v) is 4.39. The van der Waals surface area contributed by atoms with Gasteiger partial charge in [-0.3, -0.25) is 4.79 Å². The number of rotatable bonds is 6. The van der Waals surface area contributed by atoms with Crippen LogP contribution in [0.4, 0.5) is 5.69 Å². The maximum atomic E-state index is 12.1. The van der Waals surface area contributed by atoms with E-state index in [9.17, 15) is 9.59 Å². The highest BCUT2D eigenvalue weighted by atomic mass is 16.6. The summed E-state index contributed by atoms with van der Waals surface area (Å²) < 4.78 is 10.7. The highest BCUT2D eigenvalue weighted by Gasteiger charge is 2.19. The summed E-state index contributed by atoms with van der Waals surface area (Å²) in [4.78, 5) is 24.1. The van der Waals surface area contributed by atoms with Crippen molar-refractivity contribution in [1.29, 1.82) is 0 Å². The maximum Gasteiger partial charge on any atom is 0.344 e. The normalized spacial score (nSPS) is 13.6. The van der Waals surface area contributed by atoms with Gasteiger partial charge in [-0.15, -0.1) is 0 Å². The lowest BCUT2D eigenvalue weighted by molar-refractivity contribution is -0.155. The van der Waals surface area contributed by atoms with Crippen molar-refractivity contribution in [3.8, 4) is 5.75 Å². The van der Waals surface area contributed by atoms with Crippen molar-refractivity contribution in [2.45, 2.75) is 39.2 Å². The summed E-state index contributed by atoms with van der Waals surface area (Å²) >= 11 is 0. The molecule has 136 valence electrons. The number of ether oxygens (including phenoxy) is 2. The van der Waals surface area contributed by atoms with Gasteiger partial charge in [-0.25, -0.2) is 4.79 Å². The number of nitrogens with one attached hydrogen (secondary N) is 1. The van der Waals surface area contributed by atoms with Crippen molar-refractivity contribution in [1.82, 2.24) is 0 Å². The lowest BCUT2D eigenvalue weighted by atomic mass is 10.1. The SMILES string of the molecule is Cc1cccc(NC(=O)[C@H](C)OC(=O)COc2ccc3c(c2)CCC3)c1. The first kappa shape index (κ1) is 18.0. The molecule has 0 heterocycles. The smallest absolute Gasteiger partial charge is 0.344 e. The molecule has 2 aromatic rings. The number of aryl methyl sites for hydroxylation is 3. The number of anilines is 1. The van der Waals surface area contributed by atoms with Crippen LogP contribution in [0.15, 0.2) is 42.5 Å². The molecular formula is C21H23NO4. The minimum absolute atomic E-state index is 0.221. The maximum absolute atomic E-state index is 12.1. The molecule has 0 aliphatic heterocycles. The van der Waals surface area contributed by atoms with Crippen LogP contribution in [0.1, 0.15) is 30.0 Å². The number of benzene rings is 2. The van der Waals surface area contributed by atoms with E-state index in [0.717, 1.165) is 24.8 Å². The molecular weight excluding hydrogens is 330 g/mol. The molecule has 0 aromatic heterocycles. The van der Waals surface area contributed by atoms with Crippen LogP contribution in [-0.4, -0.2) is 24.6 Å². The van der Waals surface area contributed by atoms with Gasteiger partial charge in [-0.05, 0) is 74.1 Å². The van der Waals surface area contributed by atoms with Gasteiger partial charge in [0.25, 0.3) is 5.91 Å². The molecule has 0 spiro atoms. The van der Waals surface area contributed by atoms with Crippen LogP contribution in [0, 0.1) is 6.92 Å². The van der Waals surface area contributed by atoms with E-state index in [1.54, 1.807) is 13.0 Å². The second kappa shape index (κ2) is 8.04. The molecule has 2 aromatic carbocycles. The molecule has 0 saturated carbocycles. The zero-order chi connectivity index (χ0) is 18.5. The van der Waals surface area contributed by atoms with Gasteiger partial charge >= 0.3 is 5.97 Å². The van der Waals surface area contributed by atoms with E-state index in [1.807, 2.05) is 43.3 Å². The van der Waals surface area contributed by atoms with E-state index >= 15 is 0 Å². The van der Waals surface area contributed by atoms with Crippen LogP contribution in [-0.2, 0) is 27.2 Å². The molecule has 26 heavy (non-hydrogen) atoms. The molecule has 1 aliphatic carbocycles. The van der Waals surface area contributed by atoms with Gasteiger partial charge in [0.1, 0.15) is 5.75 Å². The number of carbonyl (C=O) groups excluding carboxylic acids is 2. The van der Waals surface area contributed by atoms with E-state index in [0.29, 0.717) is 11.4 Å². The fourth-order valence-electron chi connectivity index (χ4n) is 3.03. The van der Waals surface area contributed by atoms with Crippen molar-refractivity contribution in [3.05, 3.63) is 59.2 Å². The lowest BCUT2D eigenvalue weighted by Gasteiger charge is -2.14. The number of carbonyl (C=O) groups is 2. The van der Waals surface area contributed by atoms with E-state index in [2.05, 4.69) is 5.32 Å². The predicted molar refractivity (Wildman–Crippen MR) is 99.3 cm³/mol. The van der Waals surface area contributed by atoms with Crippen molar-refractivity contribution in [2.75, 3.05) is 11.9 Å². The van der Waals surface area contributed by atoms with Gasteiger partial charge in [-0.2, -0.15) is 0 Å². The summed E-state index contributed by atoms with van der Waals surface area (Å²) in [6.45, 7) is 3.26. The molecule has 0 fully saturated rings. The monoisotopic (exact) mass is 353 g/mol. The number of hydrogen-bond acceptors (Lipinski definition) is 4. The molecule has 1 N–H and O–H groups in total.